The van der Waals surface area contributed by atoms with E-state index in [0.717, 1.165) is 5.75 Å². The van der Waals surface area contributed by atoms with E-state index in [1.807, 2.05) is 0 Å². The van der Waals surface area contributed by atoms with Crippen molar-refractivity contribution in [3.8, 4) is 0 Å². The van der Waals surface area contributed by atoms with Gasteiger partial charge in [-0.1, -0.05) is 38.3 Å². The van der Waals surface area contributed by atoms with Gasteiger partial charge in [-0.2, -0.15) is 12.6 Å². The number of thiol groups is 1. The Morgan fingerprint density at radius 1 is 0.917 bits per heavy atom. The van der Waals surface area contributed by atoms with E-state index in [1.54, 1.807) is 0 Å². The summed E-state index contributed by atoms with van der Waals surface area (Å²) in [7, 11) is 0. The summed E-state index contributed by atoms with van der Waals surface area (Å²) in [6, 6.07) is 0. The molecule has 0 atom stereocenters. The molecule has 0 N–H and O–H groups in total. The Balaban J connectivity index is 2.92. The standard InChI is InChI=1S/C11H22S/c1-2-3-4-5-6-7-8-9-10-11-12/h7-8,12H,2-6,9-11H2,1H3. The Bertz CT molecular complexity index is 97.2. The maximum Gasteiger partial charge on any atom is -0.00950 e. The van der Waals surface area contributed by atoms with Crippen LogP contribution >= 0.6 is 12.6 Å². The normalized spacial score (nSPS) is 11.2. The van der Waals surface area contributed by atoms with Crippen LogP contribution in [0, 0.1) is 0 Å². The van der Waals surface area contributed by atoms with Crippen molar-refractivity contribution in [1.29, 1.82) is 0 Å². The summed E-state index contributed by atoms with van der Waals surface area (Å²) in [4.78, 5) is 0. The van der Waals surface area contributed by atoms with Gasteiger partial charge in [0, 0.05) is 0 Å². The van der Waals surface area contributed by atoms with E-state index in [-0.39, 0.29) is 0 Å². The summed E-state index contributed by atoms with van der Waals surface area (Å²) in [6.45, 7) is 2.25. The molecule has 0 fully saturated rings. The lowest BCUT2D eigenvalue weighted by Crippen LogP contribution is -1.74. The molecule has 0 amide bonds. The molecular formula is C11H22S. The maximum absolute atomic E-state index is 4.16. The molecule has 0 spiro atoms. The Kier molecular flexibility index (Phi) is 11.2. The van der Waals surface area contributed by atoms with Crippen molar-refractivity contribution in [2.75, 3.05) is 5.75 Å². The monoisotopic (exact) mass is 186 g/mol. The Labute approximate surface area is 82.9 Å². The first-order chi connectivity index (χ1) is 5.91. The smallest absolute Gasteiger partial charge is 0.00950 e. The van der Waals surface area contributed by atoms with E-state index in [4.69, 9.17) is 0 Å². The third-order valence-electron chi connectivity index (χ3n) is 1.92. The molecule has 0 rings (SSSR count). The molecule has 0 aliphatic carbocycles. The number of hydrogen-bond acceptors (Lipinski definition) is 1. The van der Waals surface area contributed by atoms with Crippen molar-refractivity contribution in [1.82, 2.24) is 0 Å². The molecule has 0 aromatic carbocycles. The van der Waals surface area contributed by atoms with Gasteiger partial charge in [0.05, 0.1) is 0 Å². The molecule has 72 valence electrons. The van der Waals surface area contributed by atoms with Crippen LogP contribution in [0.5, 0.6) is 0 Å². The first-order valence-corrected chi connectivity index (χ1v) is 5.81. The van der Waals surface area contributed by atoms with Crippen LogP contribution in [0.3, 0.4) is 0 Å². The molecule has 1 heteroatoms. The summed E-state index contributed by atoms with van der Waals surface area (Å²) in [5.41, 5.74) is 0. The average molecular weight is 186 g/mol. The number of hydrogen-bond donors (Lipinski definition) is 1. The van der Waals surface area contributed by atoms with Crippen molar-refractivity contribution < 1.29 is 0 Å². The third kappa shape index (κ3) is 10.1. The molecule has 0 aromatic heterocycles. The number of unbranched alkanes of at least 4 members (excludes halogenated alkanes) is 5. The minimum absolute atomic E-state index is 1.01. The highest BCUT2D eigenvalue weighted by atomic mass is 32.1. The van der Waals surface area contributed by atoms with Crippen molar-refractivity contribution in [3.05, 3.63) is 12.2 Å². The molecule has 0 saturated carbocycles. The van der Waals surface area contributed by atoms with Gasteiger partial charge in [0.25, 0.3) is 0 Å². The molecule has 0 bridgehead atoms. The second-order valence-corrected chi connectivity index (χ2v) is 3.63. The van der Waals surface area contributed by atoms with Crippen LogP contribution in [0.2, 0.25) is 0 Å². The van der Waals surface area contributed by atoms with Crippen LogP contribution < -0.4 is 0 Å². The highest BCUT2D eigenvalue weighted by molar-refractivity contribution is 7.80. The van der Waals surface area contributed by atoms with Gasteiger partial charge < -0.3 is 0 Å². The van der Waals surface area contributed by atoms with Crippen molar-refractivity contribution >= 4 is 12.6 Å². The molecule has 0 nitrogen and oxygen atoms in total. The van der Waals surface area contributed by atoms with Crippen molar-refractivity contribution in [2.45, 2.75) is 51.9 Å². The van der Waals surface area contributed by atoms with Crippen molar-refractivity contribution in [2.24, 2.45) is 0 Å². The first-order valence-electron chi connectivity index (χ1n) is 5.17. The summed E-state index contributed by atoms with van der Waals surface area (Å²) in [6.07, 6.45) is 13.8. The predicted molar refractivity (Wildman–Crippen MR) is 61.0 cm³/mol. The predicted octanol–water partition coefficient (Wildman–Crippen LogP) is 4.22. The quantitative estimate of drug-likeness (QED) is 0.327. The SMILES string of the molecule is CCCCCCC=CCCCS. The molecule has 0 aliphatic heterocycles. The van der Waals surface area contributed by atoms with Crippen LogP contribution in [0.4, 0.5) is 0 Å². The average Bonchev–Trinajstić information content (AvgIpc) is 2.10. The molecule has 0 heterocycles. The Hall–Kier alpha value is 0.0900. The van der Waals surface area contributed by atoms with Gasteiger partial charge in [-0.25, -0.2) is 0 Å². The molecule has 0 aromatic rings. The van der Waals surface area contributed by atoms with Crippen molar-refractivity contribution in [3.63, 3.8) is 0 Å². The lowest BCUT2D eigenvalue weighted by molar-refractivity contribution is 0.673. The van der Waals surface area contributed by atoms with E-state index in [1.165, 1.54) is 44.9 Å². The summed E-state index contributed by atoms with van der Waals surface area (Å²) in [5, 5.41) is 0. The van der Waals surface area contributed by atoms with Gasteiger partial charge in [-0.3, -0.25) is 0 Å². The molecule has 0 saturated heterocycles. The first kappa shape index (κ1) is 12.1. The van der Waals surface area contributed by atoms with E-state index in [0.29, 0.717) is 0 Å². The summed E-state index contributed by atoms with van der Waals surface area (Å²) >= 11 is 4.16. The summed E-state index contributed by atoms with van der Waals surface area (Å²) < 4.78 is 0. The molecule has 0 aliphatic rings. The van der Waals surface area contributed by atoms with Crippen LogP contribution in [-0.4, -0.2) is 5.75 Å². The zero-order chi connectivity index (χ0) is 9.07. The van der Waals surface area contributed by atoms with E-state index in [2.05, 4.69) is 31.7 Å². The number of rotatable bonds is 8. The second kappa shape index (κ2) is 11.1. The zero-order valence-corrected chi connectivity index (χ0v) is 9.15. The largest absolute Gasteiger partial charge is 0.179 e. The van der Waals surface area contributed by atoms with Gasteiger partial charge in [0.2, 0.25) is 0 Å². The van der Waals surface area contributed by atoms with E-state index in [9.17, 15) is 0 Å². The fourth-order valence-corrected chi connectivity index (χ4v) is 1.32. The molecule has 0 radical (unpaired) electrons. The van der Waals surface area contributed by atoms with Crippen LogP contribution in [0.25, 0.3) is 0 Å². The Morgan fingerprint density at radius 3 is 2.17 bits per heavy atom. The molecule has 12 heavy (non-hydrogen) atoms. The number of allylic oxidation sites excluding steroid dienone is 2. The topological polar surface area (TPSA) is 0 Å². The fraction of sp³-hybridized carbons (Fsp3) is 0.818. The van der Waals surface area contributed by atoms with Gasteiger partial charge in [-0.15, -0.1) is 0 Å². The van der Waals surface area contributed by atoms with Gasteiger partial charge >= 0.3 is 0 Å². The zero-order valence-electron chi connectivity index (χ0n) is 8.26. The third-order valence-corrected chi connectivity index (χ3v) is 2.24. The highest BCUT2D eigenvalue weighted by Crippen LogP contribution is 2.03. The van der Waals surface area contributed by atoms with Gasteiger partial charge in [0.1, 0.15) is 0 Å². The second-order valence-electron chi connectivity index (χ2n) is 3.19. The highest BCUT2D eigenvalue weighted by Gasteiger charge is 1.84. The molecular weight excluding hydrogens is 164 g/mol. The summed E-state index contributed by atoms with van der Waals surface area (Å²) in [5.74, 6) is 1.01. The van der Waals surface area contributed by atoms with E-state index < -0.39 is 0 Å². The Morgan fingerprint density at radius 2 is 1.58 bits per heavy atom. The van der Waals surface area contributed by atoms with Crippen LogP contribution in [0.1, 0.15) is 51.9 Å². The molecule has 0 unspecified atom stereocenters. The van der Waals surface area contributed by atoms with Gasteiger partial charge in [-0.05, 0) is 31.4 Å². The lowest BCUT2D eigenvalue weighted by Gasteiger charge is -1.94. The fourth-order valence-electron chi connectivity index (χ4n) is 1.13. The van der Waals surface area contributed by atoms with Gasteiger partial charge in [0.15, 0.2) is 0 Å². The lowest BCUT2D eigenvalue weighted by atomic mass is 10.1. The van der Waals surface area contributed by atoms with Crippen LogP contribution in [0.15, 0.2) is 12.2 Å². The van der Waals surface area contributed by atoms with Crippen LogP contribution in [-0.2, 0) is 0 Å². The minimum atomic E-state index is 1.01. The minimum Gasteiger partial charge on any atom is -0.179 e. The maximum atomic E-state index is 4.16. The van der Waals surface area contributed by atoms with E-state index >= 15 is 0 Å².